The molecule has 0 saturated carbocycles. The summed E-state index contributed by atoms with van der Waals surface area (Å²) in [6, 6.07) is 3.06. The van der Waals surface area contributed by atoms with Crippen LogP contribution < -0.4 is 5.32 Å². The van der Waals surface area contributed by atoms with Crippen LogP contribution in [0.1, 0.15) is 11.4 Å². The smallest absolute Gasteiger partial charge is 0.234 e. The minimum absolute atomic E-state index is 0.179. The fourth-order valence-corrected chi connectivity index (χ4v) is 3.98. The number of benzene rings is 1. The molecule has 0 spiro atoms. The molecule has 0 bridgehead atoms. The van der Waals surface area contributed by atoms with E-state index in [0.717, 1.165) is 16.5 Å². The van der Waals surface area contributed by atoms with Crippen molar-refractivity contribution in [2.45, 2.75) is 25.5 Å². The molecule has 1 aromatic heterocycles. The lowest BCUT2D eigenvalue weighted by Crippen LogP contribution is -2.15. The van der Waals surface area contributed by atoms with Crippen molar-refractivity contribution in [3.8, 4) is 0 Å². The number of anilines is 1. The van der Waals surface area contributed by atoms with E-state index in [1.54, 1.807) is 7.11 Å². The Morgan fingerprint density at radius 3 is 2.52 bits per heavy atom. The lowest BCUT2D eigenvalue weighted by molar-refractivity contribution is -0.113. The van der Waals surface area contributed by atoms with Crippen LogP contribution in [0.3, 0.4) is 0 Å². The highest BCUT2D eigenvalue weighted by atomic mass is 35.5. The third kappa shape index (κ3) is 5.28. The molecule has 0 fully saturated rings. The number of imidazole rings is 1. The molecular formula is C16H18Cl3N3O2S. The van der Waals surface area contributed by atoms with Gasteiger partial charge in [-0.15, -0.1) is 0 Å². The van der Waals surface area contributed by atoms with Gasteiger partial charge in [0, 0.05) is 24.4 Å². The summed E-state index contributed by atoms with van der Waals surface area (Å²) in [4.78, 5) is 16.8. The van der Waals surface area contributed by atoms with E-state index in [4.69, 9.17) is 39.5 Å². The van der Waals surface area contributed by atoms with E-state index in [1.807, 2.05) is 18.4 Å². The summed E-state index contributed by atoms with van der Waals surface area (Å²) in [6.45, 7) is 5.19. The van der Waals surface area contributed by atoms with Crippen molar-refractivity contribution in [1.82, 2.24) is 9.55 Å². The second-order valence-corrected chi connectivity index (χ2v) is 7.48. The average Bonchev–Trinajstić information content (AvgIpc) is 2.81. The highest BCUT2D eigenvalue weighted by molar-refractivity contribution is 7.99. The third-order valence-corrected chi connectivity index (χ3v) is 5.34. The molecule has 9 heteroatoms. The Bertz CT molecular complexity index is 757. The van der Waals surface area contributed by atoms with Gasteiger partial charge < -0.3 is 14.6 Å². The summed E-state index contributed by atoms with van der Waals surface area (Å²) in [5.41, 5.74) is 2.35. The molecule has 5 nitrogen and oxygen atoms in total. The molecule has 0 radical (unpaired) electrons. The van der Waals surface area contributed by atoms with Crippen LogP contribution in [-0.2, 0) is 16.1 Å². The van der Waals surface area contributed by atoms with Crippen molar-refractivity contribution in [2.75, 3.05) is 24.8 Å². The van der Waals surface area contributed by atoms with E-state index in [1.165, 1.54) is 23.9 Å². The van der Waals surface area contributed by atoms with Crippen LogP contribution in [0.25, 0.3) is 0 Å². The van der Waals surface area contributed by atoms with Crippen LogP contribution in [-0.4, -0.2) is 34.9 Å². The minimum atomic E-state index is -0.229. The number of halogens is 3. The van der Waals surface area contributed by atoms with Crippen LogP contribution >= 0.6 is 46.6 Å². The first-order valence-corrected chi connectivity index (χ1v) is 9.55. The number of amides is 1. The Labute approximate surface area is 166 Å². The topological polar surface area (TPSA) is 56.1 Å². The number of aromatic nitrogens is 2. The number of rotatable bonds is 7. The maximum atomic E-state index is 12.2. The molecule has 1 heterocycles. The predicted octanol–water partition coefficient (Wildman–Crippen LogP) is 4.84. The molecule has 0 aliphatic carbocycles. The molecule has 0 aliphatic heterocycles. The highest BCUT2D eigenvalue weighted by Crippen LogP contribution is 2.34. The first-order valence-electron chi connectivity index (χ1n) is 7.43. The van der Waals surface area contributed by atoms with Crippen molar-refractivity contribution in [3.05, 3.63) is 38.6 Å². The van der Waals surface area contributed by atoms with E-state index in [0.29, 0.717) is 33.9 Å². The fourth-order valence-electron chi connectivity index (χ4n) is 2.15. The van der Waals surface area contributed by atoms with E-state index in [9.17, 15) is 4.79 Å². The molecule has 1 amide bonds. The lowest BCUT2D eigenvalue weighted by atomic mass is 10.3. The number of ether oxygens (including phenoxy) is 1. The maximum absolute atomic E-state index is 12.2. The van der Waals surface area contributed by atoms with E-state index < -0.39 is 0 Å². The van der Waals surface area contributed by atoms with Crippen molar-refractivity contribution in [1.29, 1.82) is 0 Å². The van der Waals surface area contributed by atoms with E-state index in [-0.39, 0.29) is 11.7 Å². The van der Waals surface area contributed by atoms with Gasteiger partial charge in [0.05, 0.1) is 33.8 Å². The van der Waals surface area contributed by atoms with Gasteiger partial charge in [0.25, 0.3) is 0 Å². The van der Waals surface area contributed by atoms with Crippen LogP contribution in [0.4, 0.5) is 5.69 Å². The van der Waals surface area contributed by atoms with Gasteiger partial charge in [-0.1, -0.05) is 46.6 Å². The molecule has 1 aromatic carbocycles. The van der Waals surface area contributed by atoms with Gasteiger partial charge in [0.15, 0.2) is 5.16 Å². The summed E-state index contributed by atoms with van der Waals surface area (Å²) < 4.78 is 7.17. The van der Waals surface area contributed by atoms with Gasteiger partial charge in [-0.3, -0.25) is 4.79 Å². The molecule has 2 aromatic rings. The number of hydrogen-bond donors (Lipinski definition) is 1. The second-order valence-electron chi connectivity index (χ2n) is 5.29. The number of nitrogens with one attached hydrogen (secondary N) is 1. The third-order valence-electron chi connectivity index (χ3n) is 3.55. The van der Waals surface area contributed by atoms with E-state index >= 15 is 0 Å². The van der Waals surface area contributed by atoms with Gasteiger partial charge in [-0.25, -0.2) is 4.98 Å². The minimum Gasteiger partial charge on any atom is -0.383 e. The quantitative estimate of drug-likeness (QED) is 0.649. The molecule has 0 unspecified atom stereocenters. The predicted molar refractivity (Wildman–Crippen MR) is 104 cm³/mol. The Balaban J connectivity index is 2.05. The Hall–Kier alpha value is -0.920. The molecule has 2 rings (SSSR count). The average molecular weight is 423 g/mol. The van der Waals surface area contributed by atoms with Gasteiger partial charge in [0.2, 0.25) is 5.91 Å². The van der Waals surface area contributed by atoms with Crippen molar-refractivity contribution >= 4 is 58.2 Å². The van der Waals surface area contributed by atoms with Crippen LogP contribution in [0, 0.1) is 13.8 Å². The number of carbonyl (C=O) groups is 1. The molecular weight excluding hydrogens is 405 g/mol. The molecule has 0 aliphatic rings. The number of thioether (sulfide) groups is 1. The fraction of sp³-hybridized carbons (Fsp3) is 0.375. The standard InChI is InChI=1S/C16H18Cl3N3O2S/c1-9-10(2)22(4-5-24-3)16(20-9)25-8-14(23)21-15-12(18)6-11(17)7-13(15)19/h6-7H,4-5,8H2,1-3H3,(H,21,23). The molecule has 1 N–H and O–H groups in total. The first kappa shape index (κ1) is 20.4. The zero-order valence-electron chi connectivity index (χ0n) is 14.0. The largest absolute Gasteiger partial charge is 0.383 e. The number of carbonyl (C=O) groups excluding carboxylic acids is 1. The zero-order chi connectivity index (χ0) is 18.6. The Morgan fingerprint density at radius 2 is 1.92 bits per heavy atom. The number of methoxy groups -OCH3 is 1. The summed E-state index contributed by atoms with van der Waals surface area (Å²) >= 11 is 19.4. The second kappa shape index (κ2) is 9.14. The number of hydrogen-bond acceptors (Lipinski definition) is 4. The van der Waals surface area contributed by atoms with Crippen LogP contribution in [0.15, 0.2) is 17.3 Å². The lowest BCUT2D eigenvalue weighted by Gasteiger charge is -2.11. The molecule has 136 valence electrons. The highest BCUT2D eigenvalue weighted by Gasteiger charge is 2.15. The number of nitrogens with zero attached hydrogens (tertiary/aromatic N) is 2. The van der Waals surface area contributed by atoms with Crippen LogP contribution in [0.5, 0.6) is 0 Å². The Kier molecular flexibility index (Phi) is 7.46. The number of aryl methyl sites for hydroxylation is 1. The van der Waals surface area contributed by atoms with Gasteiger partial charge in [-0.2, -0.15) is 0 Å². The zero-order valence-corrected chi connectivity index (χ0v) is 17.1. The van der Waals surface area contributed by atoms with Crippen molar-refractivity contribution in [2.24, 2.45) is 0 Å². The van der Waals surface area contributed by atoms with E-state index in [2.05, 4.69) is 10.3 Å². The molecule has 0 saturated heterocycles. The first-order chi connectivity index (χ1) is 11.8. The van der Waals surface area contributed by atoms with Gasteiger partial charge >= 0.3 is 0 Å². The van der Waals surface area contributed by atoms with Crippen molar-refractivity contribution < 1.29 is 9.53 Å². The normalized spacial score (nSPS) is 11.0. The molecule has 0 atom stereocenters. The SMILES string of the molecule is COCCn1c(SCC(=O)Nc2c(Cl)cc(Cl)cc2Cl)nc(C)c1C. The summed E-state index contributed by atoms with van der Waals surface area (Å²) in [5, 5.41) is 4.49. The van der Waals surface area contributed by atoms with Gasteiger partial charge in [-0.05, 0) is 26.0 Å². The van der Waals surface area contributed by atoms with Crippen LogP contribution in [0.2, 0.25) is 15.1 Å². The summed E-state index contributed by atoms with van der Waals surface area (Å²) in [6.07, 6.45) is 0. The summed E-state index contributed by atoms with van der Waals surface area (Å²) in [5.74, 6) is -0.0502. The monoisotopic (exact) mass is 421 g/mol. The molecule has 25 heavy (non-hydrogen) atoms. The van der Waals surface area contributed by atoms with Gasteiger partial charge in [0.1, 0.15) is 0 Å². The van der Waals surface area contributed by atoms with Crippen molar-refractivity contribution in [3.63, 3.8) is 0 Å². The summed E-state index contributed by atoms with van der Waals surface area (Å²) in [7, 11) is 1.65. The Morgan fingerprint density at radius 1 is 1.28 bits per heavy atom. The maximum Gasteiger partial charge on any atom is 0.234 e.